The lowest BCUT2D eigenvalue weighted by Gasteiger charge is -2.40. The second kappa shape index (κ2) is 4.60. The third kappa shape index (κ3) is 3.23. The molecule has 84 valence electrons. The molecule has 1 fully saturated rings. The molecule has 0 aromatic heterocycles. The van der Waals surface area contributed by atoms with Gasteiger partial charge in [-0.15, -0.1) is 0 Å². The topological polar surface area (TPSA) is 49.5 Å². The van der Waals surface area contributed by atoms with Crippen LogP contribution in [0.2, 0.25) is 0 Å². The first-order chi connectivity index (χ1) is 6.44. The van der Waals surface area contributed by atoms with Crippen molar-refractivity contribution in [3.05, 3.63) is 0 Å². The fraction of sp³-hybridized carbons (Fsp3) is 1.00. The molecule has 3 atom stereocenters. The van der Waals surface area contributed by atoms with Crippen LogP contribution in [0.15, 0.2) is 0 Å². The average Bonchev–Trinajstić information content (AvgIpc) is 2.11. The van der Waals surface area contributed by atoms with Crippen molar-refractivity contribution < 1.29 is 5.11 Å². The number of nitrogens with two attached hydrogens (primary N) is 1. The van der Waals surface area contributed by atoms with Crippen LogP contribution in [-0.2, 0) is 0 Å². The van der Waals surface area contributed by atoms with Gasteiger partial charge in [-0.05, 0) is 32.6 Å². The molecular formula is C11H24N2O. The Balaban J connectivity index is 2.49. The maximum absolute atomic E-state index is 9.13. The van der Waals surface area contributed by atoms with Gasteiger partial charge in [0.05, 0.1) is 6.61 Å². The van der Waals surface area contributed by atoms with Crippen molar-refractivity contribution in [2.24, 2.45) is 11.7 Å². The van der Waals surface area contributed by atoms with E-state index in [2.05, 4.69) is 18.7 Å². The van der Waals surface area contributed by atoms with E-state index in [4.69, 9.17) is 10.8 Å². The lowest BCUT2D eigenvalue weighted by atomic mass is 9.93. The Morgan fingerprint density at radius 1 is 1.43 bits per heavy atom. The number of piperidine rings is 1. The van der Waals surface area contributed by atoms with Crippen LogP contribution in [0.25, 0.3) is 0 Å². The van der Waals surface area contributed by atoms with Crippen molar-refractivity contribution in [2.75, 3.05) is 19.7 Å². The largest absolute Gasteiger partial charge is 0.394 e. The fourth-order valence-corrected chi connectivity index (χ4v) is 2.11. The molecule has 1 aliphatic rings. The van der Waals surface area contributed by atoms with E-state index < -0.39 is 5.54 Å². The Bertz CT molecular complexity index is 182. The number of nitrogens with zero attached hydrogens (tertiary/aromatic N) is 1. The van der Waals surface area contributed by atoms with E-state index in [0.717, 1.165) is 19.0 Å². The van der Waals surface area contributed by atoms with Crippen molar-refractivity contribution in [3.8, 4) is 0 Å². The first-order valence-corrected chi connectivity index (χ1v) is 5.58. The minimum Gasteiger partial charge on any atom is -0.394 e. The molecule has 3 nitrogen and oxygen atoms in total. The zero-order valence-corrected chi connectivity index (χ0v) is 9.66. The van der Waals surface area contributed by atoms with E-state index in [1.54, 1.807) is 0 Å². The molecule has 0 aliphatic carbocycles. The van der Waals surface area contributed by atoms with Crippen molar-refractivity contribution in [3.63, 3.8) is 0 Å². The molecule has 0 aromatic carbocycles. The van der Waals surface area contributed by atoms with Gasteiger partial charge < -0.3 is 10.8 Å². The summed E-state index contributed by atoms with van der Waals surface area (Å²) < 4.78 is 0. The highest BCUT2D eigenvalue weighted by atomic mass is 16.3. The second-order valence-electron chi connectivity index (χ2n) is 5.27. The molecule has 1 heterocycles. The van der Waals surface area contributed by atoms with Gasteiger partial charge in [0.25, 0.3) is 0 Å². The van der Waals surface area contributed by atoms with E-state index in [9.17, 15) is 0 Å². The lowest BCUT2D eigenvalue weighted by Crippen LogP contribution is -2.54. The molecule has 3 heteroatoms. The summed E-state index contributed by atoms with van der Waals surface area (Å²) in [5.41, 5.74) is 5.51. The monoisotopic (exact) mass is 200 g/mol. The molecule has 14 heavy (non-hydrogen) atoms. The molecule has 0 aromatic rings. The van der Waals surface area contributed by atoms with Gasteiger partial charge in [-0.1, -0.05) is 6.92 Å². The van der Waals surface area contributed by atoms with E-state index in [0.29, 0.717) is 6.04 Å². The number of hydrogen-bond donors (Lipinski definition) is 2. The third-order valence-corrected chi connectivity index (χ3v) is 3.17. The van der Waals surface area contributed by atoms with Gasteiger partial charge in [0.15, 0.2) is 0 Å². The average molecular weight is 200 g/mol. The summed E-state index contributed by atoms with van der Waals surface area (Å²) in [6, 6.07) is 0.612. The summed E-state index contributed by atoms with van der Waals surface area (Å²) in [7, 11) is 0. The summed E-state index contributed by atoms with van der Waals surface area (Å²) in [4.78, 5) is 2.41. The van der Waals surface area contributed by atoms with Crippen LogP contribution in [0, 0.1) is 5.92 Å². The van der Waals surface area contributed by atoms with E-state index in [-0.39, 0.29) is 6.61 Å². The maximum atomic E-state index is 9.13. The highest BCUT2D eigenvalue weighted by Crippen LogP contribution is 2.22. The van der Waals surface area contributed by atoms with Gasteiger partial charge >= 0.3 is 0 Å². The third-order valence-electron chi connectivity index (χ3n) is 3.17. The van der Waals surface area contributed by atoms with Crippen LogP contribution < -0.4 is 5.73 Å². The molecule has 1 saturated heterocycles. The number of aliphatic hydroxyl groups is 1. The zero-order valence-electron chi connectivity index (χ0n) is 9.66. The highest BCUT2D eigenvalue weighted by molar-refractivity contribution is 4.86. The molecular weight excluding hydrogens is 176 g/mol. The van der Waals surface area contributed by atoms with Gasteiger partial charge in [-0.3, -0.25) is 4.90 Å². The standard InChI is InChI=1S/C11H24N2O/c1-9-4-5-10(2)13(6-9)7-11(3,12)8-14/h9-10,14H,4-8,12H2,1-3H3. The molecule has 1 aliphatic heterocycles. The summed E-state index contributed by atoms with van der Waals surface area (Å²) in [6.07, 6.45) is 2.57. The lowest BCUT2D eigenvalue weighted by molar-refractivity contribution is 0.0785. The first-order valence-electron chi connectivity index (χ1n) is 5.58. The van der Waals surface area contributed by atoms with Crippen molar-refractivity contribution in [1.82, 2.24) is 4.90 Å². The van der Waals surface area contributed by atoms with E-state index in [1.807, 2.05) is 6.92 Å². The van der Waals surface area contributed by atoms with Crippen molar-refractivity contribution in [2.45, 2.75) is 45.2 Å². The zero-order chi connectivity index (χ0) is 10.8. The van der Waals surface area contributed by atoms with Crippen molar-refractivity contribution in [1.29, 1.82) is 0 Å². The molecule has 0 spiro atoms. The summed E-state index contributed by atoms with van der Waals surface area (Å²) in [6.45, 7) is 8.43. The molecule has 3 N–H and O–H groups in total. The quantitative estimate of drug-likeness (QED) is 0.709. The Morgan fingerprint density at radius 3 is 2.64 bits per heavy atom. The summed E-state index contributed by atoms with van der Waals surface area (Å²) in [5, 5.41) is 9.13. The molecule has 0 saturated carbocycles. The SMILES string of the molecule is CC1CCC(C)N(CC(C)(N)CO)C1. The first kappa shape index (κ1) is 12.0. The van der Waals surface area contributed by atoms with Gasteiger partial charge in [-0.2, -0.15) is 0 Å². The number of rotatable bonds is 3. The Hall–Kier alpha value is -0.120. The Labute approximate surface area is 87.3 Å². The number of aliphatic hydroxyl groups excluding tert-OH is 1. The number of hydrogen-bond acceptors (Lipinski definition) is 3. The smallest absolute Gasteiger partial charge is 0.0621 e. The maximum Gasteiger partial charge on any atom is 0.0621 e. The highest BCUT2D eigenvalue weighted by Gasteiger charge is 2.28. The fourth-order valence-electron chi connectivity index (χ4n) is 2.11. The van der Waals surface area contributed by atoms with Gasteiger partial charge in [0.2, 0.25) is 0 Å². The van der Waals surface area contributed by atoms with Crippen LogP contribution in [0.3, 0.4) is 0 Å². The number of likely N-dealkylation sites (tertiary alicyclic amines) is 1. The van der Waals surface area contributed by atoms with Crippen molar-refractivity contribution >= 4 is 0 Å². The summed E-state index contributed by atoms with van der Waals surface area (Å²) in [5.74, 6) is 0.765. The van der Waals surface area contributed by atoms with Crippen LogP contribution >= 0.6 is 0 Å². The van der Waals surface area contributed by atoms with Gasteiger partial charge in [-0.25, -0.2) is 0 Å². The van der Waals surface area contributed by atoms with E-state index >= 15 is 0 Å². The molecule has 0 radical (unpaired) electrons. The Morgan fingerprint density at radius 2 is 2.07 bits per heavy atom. The predicted octanol–water partition coefficient (Wildman–Crippen LogP) is 0.817. The van der Waals surface area contributed by atoms with Crippen LogP contribution in [-0.4, -0.2) is 41.3 Å². The van der Waals surface area contributed by atoms with Crippen LogP contribution in [0.1, 0.15) is 33.6 Å². The van der Waals surface area contributed by atoms with Gasteiger partial charge in [0, 0.05) is 24.7 Å². The molecule has 3 unspecified atom stereocenters. The van der Waals surface area contributed by atoms with Gasteiger partial charge in [0.1, 0.15) is 0 Å². The Kier molecular flexibility index (Phi) is 3.93. The van der Waals surface area contributed by atoms with Crippen LogP contribution in [0.5, 0.6) is 0 Å². The van der Waals surface area contributed by atoms with E-state index in [1.165, 1.54) is 12.8 Å². The molecule has 0 bridgehead atoms. The molecule has 0 amide bonds. The summed E-state index contributed by atoms with van der Waals surface area (Å²) >= 11 is 0. The normalized spacial score (nSPS) is 34.1. The predicted molar refractivity (Wildman–Crippen MR) is 59.1 cm³/mol. The minimum absolute atomic E-state index is 0.0601. The molecule has 1 rings (SSSR count). The second-order valence-corrected chi connectivity index (χ2v) is 5.27. The van der Waals surface area contributed by atoms with Crippen LogP contribution in [0.4, 0.5) is 0 Å². The minimum atomic E-state index is -0.453.